The lowest BCUT2D eigenvalue weighted by molar-refractivity contribution is 0.249. The minimum Gasteiger partial charge on any atom is -0.500 e. The first kappa shape index (κ1) is 19.4. The summed E-state index contributed by atoms with van der Waals surface area (Å²) in [5.41, 5.74) is 2.18. The third-order valence-electron chi connectivity index (χ3n) is 4.72. The van der Waals surface area contributed by atoms with Crippen molar-refractivity contribution in [2.45, 2.75) is 19.9 Å². The first-order chi connectivity index (χ1) is 14.2. The molecule has 0 spiro atoms. The Kier molecular flexibility index (Phi) is 5.73. The standard InChI is InChI=1S/C21H22N4O3S/c1-2-16-17-8-3-4-12-28-13-10-22-9-11-25-21(27)15-7-5-6-14(19(15)29-25)18(23-16)20(26)24-17/h3-8,12,22H,2,9-11,13H2,1H3,(H,24,26)/b8-3-,12-4+. The Morgan fingerprint density at radius 3 is 3.00 bits per heavy atom. The van der Waals surface area contributed by atoms with Gasteiger partial charge in [0.15, 0.2) is 0 Å². The van der Waals surface area contributed by atoms with E-state index in [0.717, 1.165) is 10.4 Å². The Bertz CT molecular complexity index is 1200. The molecule has 2 aliphatic rings. The molecule has 2 N–H and O–H groups in total. The van der Waals surface area contributed by atoms with Crippen molar-refractivity contribution in [2.24, 2.45) is 0 Å². The molecule has 0 saturated heterocycles. The largest absolute Gasteiger partial charge is 0.500 e. The van der Waals surface area contributed by atoms with Gasteiger partial charge in [0.25, 0.3) is 11.1 Å². The van der Waals surface area contributed by atoms with Gasteiger partial charge < -0.3 is 15.0 Å². The number of aromatic nitrogens is 3. The quantitative estimate of drug-likeness (QED) is 0.644. The van der Waals surface area contributed by atoms with E-state index in [9.17, 15) is 9.59 Å². The summed E-state index contributed by atoms with van der Waals surface area (Å²) in [6.45, 7) is 4.43. The zero-order valence-electron chi connectivity index (χ0n) is 16.1. The summed E-state index contributed by atoms with van der Waals surface area (Å²) in [5, 5.41) is 3.88. The zero-order chi connectivity index (χ0) is 20.2. The molecule has 29 heavy (non-hydrogen) atoms. The molecule has 0 saturated carbocycles. The number of hydrogen-bond donors (Lipinski definition) is 2. The summed E-state index contributed by atoms with van der Waals surface area (Å²) in [6, 6.07) is 5.46. The SMILES string of the molecule is CCc1nc2c(=O)[nH]c1/C=C\C=C\OCCNCCn1sc3c-2cccc3c1=O. The van der Waals surface area contributed by atoms with Crippen molar-refractivity contribution in [3.8, 4) is 11.3 Å². The van der Waals surface area contributed by atoms with E-state index in [4.69, 9.17) is 4.74 Å². The molecule has 0 amide bonds. The molecule has 4 heterocycles. The molecule has 0 aliphatic carbocycles. The third-order valence-corrected chi connectivity index (χ3v) is 5.91. The Morgan fingerprint density at radius 2 is 2.14 bits per heavy atom. The van der Waals surface area contributed by atoms with Crippen molar-refractivity contribution < 1.29 is 4.74 Å². The van der Waals surface area contributed by atoms with E-state index in [1.54, 1.807) is 28.4 Å². The molecule has 0 fully saturated rings. The van der Waals surface area contributed by atoms with E-state index in [1.165, 1.54) is 11.5 Å². The van der Waals surface area contributed by atoms with Gasteiger partial charge >= 0.3 is 0 Å². The molecule has 8 heteroatoms. The highest BCUT2D eigenvalue weighted by Gasteiger charge is 2.17. The van der Waals surface area contributed by atoms with Gasteiger partial charge in [0, 0.05) is 25.2 Å². The van der Waals surface area contributed by atoms with Crippen molar-refractivity contribution in [2.75, 3.05) is 19.7 Å². The second-order valence-electron chi connectivity index (χ2n) is 6.62. The first-order valence-electron chi connectivity index (χ1n) is 9.61. The van der Waals surface area contributed by atoms with E-state index in [1.807, 2.05) is 25.1 Å². The summed E-state index contributed by atoms with van der Waals surface area (Å²) in [5.74, 6) is 0. The highest BCUT2D eigenvalue weighted by atomic mass is 32.1. The molecule has 0 unspecified atom stereocenters. The fourth-order valence-electron chi connectivity index (χ4n) is 3.27. The molecule has 0 atom stereocenters. The van der Waals surface area contributed by atoms with Crippen LogP contribution < -0.4 is 16.4 Å². The van der Waals surface area contributed by atoms with Crippen molar-refractivity contribution in [3.63, 3.8) is 0 Å². The van der Waals surface area contributed by atoms with E-state index in [2.05, 4.69) is 15.3 Å². The van der Waals surface area contributed by atoms with Gasteiger partial charge in [0.05, 0.1) is 34.3 Å². The Balaban J connectivity index is 1.91. The fourth-order valence-corrected chi connectivity index (χ4v) is 4.37. The molecular weight excluding hydrogens is 388 g/mol. The van der Waals surface area contributed by atoms with Crippen LogP contribution in [0.5, 0.6) is 0 Å². The van der Waals surface area contributed by atoms with Gasteiger partial charge in [-0.25, -0.2) is 4.98 Å². The van der Waals surface area contributed by atoms with Crippen molar-refractivity contribution >= 4 is 27.7 Å². The highest BCUT2D eigenvalue weighted by Crippen LogP contribution is 2.28. The van der Waals surface area contributed by atoms with Crippen LogP contribution in [0.25, 0.3) is 27.4 Å². The monoisotopic (exact) mass is 410 g/mol. The van der Waals surface area contributed by atoms with Crippen LogP contribution in [0, 0.1) is 0 Å². The molecule has 0 radical (unpaired) electrons. The van der Waals surface area contributed by atoms with Crippen LogP contribution in [0.3, 0.4) is 0 Å². The third kappa shape index (κ3) is 3.94. The number of benzene rings is 1. The second kappa shape index (κ2) is 8.59. The molecule has 7 nitrogen and oxygen atoms in total. The number of aryl methyl sites for hydroxylation is 1. The molecule has 4 bridgehead atoms. The number of aromatic amines is 1. The number of hydrogen-bond acceptors (Lipinski definition) is 6. The normalized spacial score (nSPS) is 17.0. The number of ether oxygens (including phenoxy) is 1. The lowest BCUT2D eigenvalue weighted by Gasteiger charge is -2.07. The van der Waals surface area contributed by atoms with Crippen LogP contribution >= 0.6 is 11.5 Å². The van der Waals surface area contributed by atoms with Gasteiger partial charge in [-0.05, 0) is 24.6 Å². The lowest BCUT2D eigenvalue weighted by atomic mass is 10.1. The summed E-state index contributed by atoms with van der Waals surface area (Å²) in [6.07, 6.45) is 7.69. The molecule has 5 rings (SSSR count). The smallest absolute Gasteiger partial charge is 0.274 e. The Hall–Kier alpha value is -2.97. The van der Waals surface area contributed by atoms with E-state index >= 15 is 0 Å². The molecule has 2 aliphatic heterocycles. The van der Waals surface area contributed by atoms with Gasteiger partial charge in [-0.15, -0.1) is 0 Å². The minimum atomic E-state index is -0.273. The van der Waals surface area contributed by atoms with E-state index < -0.39 is 0 Å². The van der Waals surface area contributed by atoms with Gasteiger partial charge in [0.1, 0.15) is 5.69 Å². The van der Waals surface area contributed by atoms with E-state index in [-0.39, 0.29) is 11.1 Å². The molecule has 150 valence electrons. The first-order valence-corrected chi connectivity index (χ1v) is 10.4. The second-order valence-corrected chi connectivity index (χ2v) is 7.65. The fraction of sp³-hybridized carbons (Fsp3) is 0.286. The minimum absolute atomic E-state index is 0.0440. The van der Waals surface area contributed by atoms with Gasteiger partial charge in [0.2, 0.25) is 0 Å². The van der Waals surface area contributed by atoms with Gasteiger partial charge in [-0.1, -0.05) is 36.7 Å². The highest BCUT2D eigenvalue weighted by molar-refractivity contribution is 7.14. The van der Waals surface area contributed by atoms with Crippen LogP contribution in [0.2, 0.25) is 0 Å². The number of rotatable bonds is 1. The predicted octanol–water partition coefficient (Wildman–Crippen LogP) is 2.52. The zero-order valence-corrected chi connectivity index (χ0v) is 16.9. The predicted molar refractivity (Wildman–Crippen MR) is 116 cm³/mol. The van der Waals surface area contributed by atoms with Crippen LogP contribution in [-0.2, 0) is 17.7 Å². The molecular formula is C21H22N4O3S. The summed E-state index contributed by atoms with van der Waals surface area (Å²) in [7, 11) is 0. The van der Waals surface area contributed by atoms with Crippen molar-refractivity contribution in [1.82, 2.24) is 19.2 Å². The Labute approximate surface area is 171 Å². The maximum absolute atomic E-state index is 12.8. The van der Waals surface area contributed by atoms with Crippen molar-refractivity contribution in [1.29, 1.82) is 0 Å². The molecule has 2 aromatic heterocycles. The molecule has 3 aromatic rings. The Morgan fingerprint density at radius 1 is 1.24 bits per heavy atom. The van der Waals surface area contributed by atoms with Crippen LogP contribution in [-0.4, -0.2) is 33.6 Å². The van der Waals surface area contributed by atoms with Gasteiger partial charge in [-0.2, -0.15) is 0 Å². The maximum Gasteiger partial charge on any atom is 0.274 e. The average molecular weight is 410 g/mol. The number of nitrogens with zero attached hydrogens (tertiary/aromatic N) is 2. The number of allylic oxidation sites excluding steroid dienone is 2. The maximum atomic E-state index is 12.8. The number of nitrogens with one attached hydrogen (secondary N) is 2. The topological polar surface area (TPSA) is 89.0 Å². The molecule has 1 aromatic carbocycles. The van der Waals surface area contributed by atoms with Gasteiger partial charge in [-0.3, -0.25) is 13.5 Å². The summed E-state index contributed by atoms with van der Waals surface area (Å²) < 4.78 is 7.94. The number of H-pyrrole nitrogens is 1. The average Bonchev–Trinajstić information content (AvgIpc) is 3.05. The lowest BCUT2D eigenvalue weighted by Crippen LogP contribution is -2.26. The van der Waals surface area contributed by atoms with Crippen molar-refractivity contribution in [3.05, 3.63) is 68.7 Å². The van der Waals surface area contributed by atoms with E-state index in [0.29, 0.717) is 55.0 Å². The van der Waals surface area contributed by atoms with Crippen LogP contribution in [0.4, 0.5) is 0 Å². The van der Waals surface area contributed by atoms with Crippen LogP contribution in [0.15, 0.2) is 46.2 Å². The number of fused-ring (bicyclic) bond motifs is 9. The van der Waals surface area contributed by atoms with Crippen LogP contribution in [0.1, 0.15) is 18.3 Å². The summed E-state index contributed by atoms with van der Waals surface area (Å²) >= 11 is 1.37. The summed E-state index contributed by atoms with van der Waals surface area (Å²) in [4.78, 5) is 33.2.